The normalized spacial score (nSPS) is 13.3. The molecule has 0 bridgehead atoms. The summed E-state index contributed by atoms with van der Waals surface area (Å²) in [6.45, 7) is 9.37. The van der Waals surface area contributed by atoms with Crippen molar-refractivity contribution in [2.24, 2.45) is 11.8 Å². The number of rotatable bonds is 28. The quantitative estimate of drug-likeness (QED) is 0.0774. The Labute approximate surface area is 219 Å². The predicted octanol–water partition coefficient (Wildman–Crippen LogP) is 11.9. The van der Waals surface area contributed by atoms with Gasteiger partial charge in [0.2, 0.25) is 15.2 Å². The smallest absolute Gasteiger partial charge is 0.0945 e. The molecule has 0 N–H and O–H groups in total. The third-order valence-corrected chi connectivity index (χ3v) is 10.5. The molecule has 0 fully saturated rings. The van der Waals surface area contributed by atoms with Crippen LogP contribution in [0.25, 0.3) is 0 Å². The van der Waals surface area contributed by atoms with Crippen molar-refractivity contribution in [3.05, 3.63) is 0 Å². The van der Waals surface area contributed by atoms with Gasteiger partial charge in [-0.25, -0.2) is 0 Å². The molecule has 0 aromatic rings. The molecule has 0 aromatic heterocycles. The van der Waals surface area contributed by atoms with Crippen molar-refractivity contribution in [2.45, 2.75) is 192 Å². The van der Waals surface area contributed by atoms with Gasteiger partial charge in [0.25, 0.3) is 0 Å². The molecule has 2 atom stereocenters. The first-order valence-corrected chi connectivity index (χ1v) is 18.3. The van der Waals surface area contributed by atoms with E-state index in [4.69, 9.17) is 0 Å². The predicted molar refractivity (Wildman–Crippen MR) is 157 cm³/mol. The molecule has 2 unspecified atom stereocenters. The SMILES string of the molecule is CCCCCCCCC(CCCCCC)[CH2][AlH][CH2]C(CCCCCC)CCCCCCCC. The molecule has 0 rings (SSSR count). The van der Waals surface area contributed by atoms with E-state index in [0.29, 0.717) is 0 Å². The lowest BCUT2D eigenvalue weighted by Crippen LogP contribution is -2.10. The van der Waals surface area contributed by atoms with E-state index >= 15 is 0 Å². The highest BCUT2D eigenvalue weighted by Gasteiger charge is 2.14. The fourth-order valence-corrected chi connectivity index (χ4v) is 8.25. The summed E-state index contributed by atoms with van der Waals surface area (Å²) >= 11 is 0.142. The summed E-state index contributed by atoms with van der Waals surface area (Å²) in [6, 6.07) is 0. The largest absolute Gasteiger partial charge is 0.237 e. The lowest BCUT2D eigenvalue weighted by Gasteiger charge is -2.20. The third kappa shape index (κ3) is 25.4. The molecule has 0 nitrogen and oxygen atoms in total. The number of hydrogen-bond acceptors (Lipinski definition) is 0. The summed E-state index contributed by atoms with van der Waals surface area (Å²) in [7, 11) is 0. The maximum Gasteiger partial charge on any atom is 0.237 e. The molecule has 0 heterocycles. The molecule has 1 heteroatoms. The fourth-order valence-electron chi connectivity index (χ4n) is 5.71. The Morgan fingerprint density at radius 3 is 0.879 bits per heavy atom. The molecule has 198 valence electrons. The first-order chi connectivity index (χ1) is 16.3. The van der Waals surface area contributed by atoms with Gasteiger partial charge in [0.15, 0.2) is 0 Å². The van der Waals surface area contributed by atoms with Crippen LogP contribution in [0.5, 0.6) is 0 Å². The van der Waals surface area contributed by atoms with Gasteiger partial charge in [0.05, 0.1) is 0 Å². The minimum absolute atomic E-state index is 0.142. The molecule has 0 amide bonds. The average molecular weight is 479 g/mol. The molecular formula is C32H67Al. The second kappa shape index (κ2) is 28.8. The van der Waals surface area contributed by atoms with Gasteiger partial charge in [0, 0.05) is 0 Å². The second-order valence-corrected chi connectivity index (χ2v) is 13.3. The van der Waals surface area contributed by atoms with Crippen LogP contribution in [-0.2, 0) is 0 Å². The van der Waals surface area contributed by atoms with Crippen molar-refractivity contribution >= 4 is 15.2 Å². The van der Waals surface area contributed by atoms with E-state index in [1.165, 1.54) is 128 Å². The summed E-state index contributed by atoms with van der Waals surface area (Å²) in [4.78, 5) is 0. The topological polar surface area (TPSA) is 0 Å². The maximum atomic E-state index is 2.35. The third-order valence-electron chi connectivity index (χ3n) is 8.09. The molecule has 0 saturated heterocycles. The highest BCUT2D eigenvalue weighted by Crippen LogP contribution is 2.26. The van der Waals surface area contributed by atoms with Crippen molar-refractivity contribution in [3.8, 4) is 0 Å². The van der Waals surface area contributed by atoms with Crippen LogP contribution in [0.4, 0.5) is 0 Å². The van der Waals surface area contributed by atoms with E-state index in [9.17, 15) is 0 Å². The van der Waals surface area contributed by atoms with Gasteiger partial charge < -0.3 is 0 Å². The van der Waals surface area contributed by atoms with Crippen molar-refractivity contribution in [1.82, 2.24) is 0 Å². The van der Waals surface area contributed by atoms with Crippen molar-refractivity contribution in [3.63, 3.8) is 0 Å². The summed E-state index contributed by atoms with van der Waals surface area (Å²) < 4.78 is 0. The zero-order chi connectivity index (χ0) is 24.2. The highest BCUT2D eigenvalue weighted by molar-refractivity contribution is 6.35. The van der Waals surface area contributed by atoms with Crippen LogP contribution >= 0.6 is 0 Å². The molecule has 0 spiro atoms. The molecule has 33 heavy (non-hydrogen) atoms. The lowest BCUT2D eigenvalue weighted by atomic mass is 9.95. The Bertz CT molecular complexity index is 307. The Morgan fingerprint density at radius 1 is 0.333 bits per heavy atom. The minimum Gasteiger partial charge on any atom is -0.0945 e. The Balaban J connectivity index is 4.31. The van der Waals surface area contributed by atoms with Gasteiger partial charge in [-0.3, -0.25) is 0 Å². The van der Waals surface area contributed by atoms with Crippen LogP contribution < -0.4 is 0 Å². The maximum absolute atomic E-state index is 2.35. The average Bonchev–Trinajstić information content (AvgIpc) is 2.82. The van der Waals surface area contributed by atoms with E-state index in [1.54, 1.807) is 36.2 Å². The van der Waals surface area contributed by atoms with E-state index in [-0.39, 0.29) is 15.2 Å². The summed E-state index contributed by atoms with van der Waals surface area (Å²) in [5, 5.41) is 3.34. The van der Waals surface area contributed by atoms with Crippen LogP contribution in [-0.4, -0.2) is 15.2 Å². The van der Waals surface area contributed by atoms with Crippen LogP contribution in [0, 0.1) is 11.8 Å². The lowest BCUT2D eigenvalue weighted by molar-refractivity contribution is 0.421. The second-order valence-electron chi connectivity index (χ2n) is 11.5. The first-order valence-electron chi connectivity index (χ1n) is 16.3. The highest BCUT2D eigenvalue weighted by atomic mass is 27.1. The van der Waals surface area contributed by atoms with E-state index < -0.39 is 0 Å². The molecule has 0 aliphatic heterocycles. The van der Waals surface area contributed by atoms with Crippen LogP contribution in [0.15, 0.2) is 0 Å². The van der Waals surface area contributed by atoms with Gasteiger partial charge in [-0.15, -0.1) is 0 Å². The number of hydrogen-bond donors (Lipinski definition) is 0. The monoisotopic (exact) mass is 479 g/mol. The zero-order valence-electron chi connectivity index (χ0n) is 24.2. The molecule has 0 aromatic carbocycles. The zero-order valence-corrected chi connectivity index (χ0v) is 25.7. The molecule has 0 aliphatic carbocycles. The summed E-state index contributed by atoms with van der Waals surface area (Å²) in [5.74, 6) is 2.18. The van der Waals surface area contributed by atoms with Crippen LogP contribution in [0.3, 0.4) is 0 Å². The van der Waals surface area contributed by atoms with Gasteiger partial charge >= 0.3 is 0 Å². The summed E-state index contributed by atoms with van der Waals surface area (Å²) in [6.07, 6.45) is 35.6. The van der Waals surface area contributed by atoms with Crippen molar-refractivity contribution in [2.75, 3.05) is 0 Å². The van der Waals surface area contributed by atoms with Gasteiger partial charge in [-0.2, -0.15) is 0 Å². The Hall–Kier alpha value is 0.532. The number of unbranched alkanes of at least 4 members (excludes halogenated alkanes) is 16. The van der Waals surface area contributed by atoms with E-state index in [2.05, 4.69) is 27.7 Å². The minimum atomic E-state index is 0.142. The molecule has 0 radical (unpaired) electrons. The first kappa shape index (κ1) is 33.5. The summed E-state index contributed by atoms with van der Waals surface area (Å²) in [5.41, 5.74) is 0. The van der Waals surface area contributed by atoms with Gasteiger partial charge in [-0.1, -0.05) is 204 Å². The standard InChI is InChI=1S/2C16H33.Al.H/c2*1-4-6-8-10-11-13-15-16(3)14-12-9-7-5-2;;/h2*16H,3-15H2,1-2H3;;. The molecular weight excluding hydrogens is 411 g/mol. The van der Waals surface area contributed by atoms with Crippen LogP contribution in [0.1, 0.15) is 182 Å². The van der Waals surface area contributed by atoms with Gasteiger partial charge in [0.1, 0.15) is 0 Å². The molecule has 0 aliphatic rings. The van der Waals surface area contributed by atoms with Gasteiger partial charge in [-0.05, 0) is 0 Å². The van der Waals surface area contributed by atoms with Crippen molar-refractivity contribution < 1.29 is 0 Å². The van der Waals surface area contributed by atoms with Crippen molar-refractivity contribution in [1.29, 1.82) is 0 Å². The van der Waals surface area contributed by atoms with E-state index in [0.717, 1.165) is 11.8 Å². The Kier molecular flexibility index (Phi) is 29.2. The Morgan fingerprint density at radius 2 is 0.576 bits per heavy atom. The molecule has 0 saturated carbocycles. The van der Waals surface area contributed by atoms with Crippen LogP contribution in [0.2, 0.25) is 10.6 Å². The fraction of sp³-hybridized carbons (Fsp3) is 1.00. The van der Waals surface area contributed by atoms with E-state index in [1.807, 2.05) is 0 Å².